The van der Waals surface area contributed by atoms with E-state index in [4.69, 9.17) is 0 Å². The molecule has 9 heteroatoms. The number of halogens is 4. The van der Waals surface area contributed by atoms with Crippen LogP contribution in [0, 0.1) is 5.82 Å². The molecule has 4 nitrogen and oxygen atoms in total. The molecule has 0 unspecified atom stereocenters. The number of amides is 1. The summed E-state index contributed by atoms with van der Waals surface area (Å²) in [6.07, 6.45) is -5.10. The Morgan fingerprint density at radius 1 is 1.06 bits per heavy atom. The quantitative estimate of drug-likeness (QED) is 0.416. The summed E-state index contributed by atoms with van der Waals surface area (Å²) in [4.78, 5) is 28.2. The van der Waals surface area contributed by atoms with Crippen molar-refractivity contribution < 1.29 is 22.4 Å². The first kappa shape index (κ1) is 20.8. The molecule has 0 spiro atoms. The van der Waals surface area contributed by atoms with Gasteiger partial charge in [-0.15, -0.1) is 11.3 Å². The SMILES string of the molecule is O=C(NCc1cccs1)c1cc(=O)c2cc(-c3ccccc3)c(F)c(C(F)(F)F)c2[nH]1. The number of carbonyl (C=O) groups excluding carboxylic acids is 1. The number of hydrogen-bond acceptors (Lipinski definition) is 3. The second-order valence-electron chi connectivity index (χ2n) is 6.71. The summed E-state index contributed by atoms with van der Waals surface area (Å²) in [6.45, 7) is 0.143. The Morgan fingerprint density at radius 2 is 1.81 bits per heavy atom. The van der Waals surface area contributed by atoms with Crippen LogP contribution in [-0.2, 0) is 12.7 Å². The molecule has 0 bridgehead atoms. The van der Waals surface area contributed by atoms with Crippen molar-refractivity contribution in [3.63, 3.8) is 0 Å². The van der Waals surface area contributed by atoms with E-state index in [1.54, 1.807) is 30.3 Å². The highest BCUT2D eigenvalue weighted by atomic mass is 32.1. The van der Waals surface area contributed by atoms with Gasteiger partial charge >= 0.3 is 6.18 Å². The molecule has 2 heterocycles. The van der Waals surface area contributed by atoms with Gasteiger partial charge in [-0.2, -0.15) is 13.2 Å². The highest BCUT2D eigenvalue weighted by Gasteiger charge is 2.38. The van der Waals surface area contributed by atoms with Gasteiger partial charge in [0.15, 0.2) is 5.43 Å². The van der Waals surface area contributed by atoms with E-state index in [0.29, 0.717) is 0 Å². The summed E-state index contributed by atoms with van der Waals surface area (Å²) < 4.78 is 56.5. The maximum Gasteiger partial charge on any atom is 0.421 e. The number of H-pyrrole nitrogens is 1. The van der Waals surface area contributed by atoms with E-state index in [1.165, 1.54) is 23.5 Å². The molecule has 31 heavy (non-hydrogen) atoms. The summed E-state index contributed by atoms with van der Waals surface area (Å²) >= 11 is 1.39. The number of benzene rings is 2. The Kier molecular flexibility index (Phi) is 5.36. The number of thiophene rings is 1. The number of aromatic nitrogens is 1. The topological polar surface area (TPSA) is 62.0 Å². The zero-order chi connectivity index (χ0) is 22.2. The zero-order valence-corrected chi connectivity index (χ0v) is 16.5. The van der Waals surface area contributed by atoms with Gasteiger partial charge in [-0.25, -0.2) is 4.39 Å². The number of alkyl halides is 3. The van der Waals surface area contributed by atoms with Crippen LogP contribution in [0.2, 0.25) is 0 Å². The molecule has 2 N–H and O–H groups in total. The summed E-state index contributed by atoms with van der Waals surface area (Å²) in [5.74, 6) is -2.29. The first-order valence-electron chi connectivity index (χ1n) is 9.08. The Hall–Kier alpha value is -3.46. The highest BCUT2D eigenvalue weighted by Crippen LogP contribution is 2.39. The van der Waals surface area contributed by atoms with Crippen molar-refractivity contribution in [1.82, 2.24) is 10.3 Å². The number of nitrogens with one attached hydrogen (secondary N) is 2. The smallest absolute Gasteiger partial charge is 0.350 e. The van der Waals surface area contributed by atoms with E-state index in [1.807, 2.05) is 5.38 Å². The third kappa shape index (κ3) is 4.09. The van der Waals surface area contributed by atoms with Gasteiger partial charge < -0.3 is 10.3 Å². The molecule has 158 valence electrons. The maximum absolute atomic E-state index is 15.0. The van der Waals surface area contributed by atoms with Gasteiger partial charge in [0.05, 0.1) is 12.1 Å². The van der Waals surface area contributed by atoms with Crippen molar-refractivity contribution in [3.05, 3.63) is 92.2 Å². The van der Waals surface area contributed by atoms with E-state index in [9.17, 15) is 22.8 Å². The third-order valence-electron chi connectivity index (χ3n) is 4.68. The predicted molar refractivity (Wildman–Crippen MR) is 110 cm³/mol. The van der Waals surface area contributed by atoms with Crippen molar-refractivity contribution in [2.24, 2.45) is 0 Å². The zero-order valence-electron chi connectivity index (χ0n) is 15.7. The predicted octanol–water partition coefficient (Wildman–Crippen LogP) is 5.34. The van der Waals surface area contributed by atoms with E-state index in [2.05, 4.69) is 10.3 Å². The molecule has 0 fully saturated rings. The molecule has 1 amide bonds. The minimum atomic E-state index is -5.10. The van der Waals surface area contributed by atoms with Crippen LogP contribution in [0.1, 0.15) is 20.9 Å². The fourth-order valence-corrected chi connectivity index (χ4v) is 3.90. The van der Waals surface area contributed by atoms with Crippen molar-refractivity contribution in [3.8, 4) is 11.1 Å². The van der Waals surface area contributed by atoms with E-state index in [0.717, 1.165) is 17.0 Å². The van der Waals surface area contributed by atoms with Crippen LogP contribution in [0.4, 0.5) is 17.6 Å². The van der Waals surface area contributed by atoms with E-state index >= 15 is 4.39 Å². The molecule has 0 saturated carbocycles. The molecule has 2 aromatic carbocycles. The lowest BCUT2D eigenvalue weighted by atomic mass is 9.97. The first-order chi connectivity index (χ1) is 14.8. The van der Waals surface area contributed by atoms with Gasteiger partial charge in [-0.3, -0.25) is 9.59 Å². The number of carbonyl (C=O) groups is 1. The minimum Gasteiger partial charge on any atom is -0.350 e. The van der Waals surface area contributed by atoms with Crippen molar-refractivity contribution >= 4 is 28.1 Å². The Balaban J connectivity index is 1.87. The summed E-state index contributed by atoms with van der Waals surface area (Å²) in [5.41, 5.74) is -3.73. The lowest BCUT2D eigenvalue weighted by molar-refractivity contribution is -0.138. The van der Waals surface area contributed by atoms with Crippen LogP contribution >= 0.6 is 11.3 Å². The van der Waals surface area contributed by atoms with E-state index in [-0.39, 0.29) is 28.8 Å². The Bertz CT molecular complexity index is 1310. The summed E-state index contributed by atoms with van der Waals surface area (Å²) in [7, 11) is 0. The van der Waals surface area contributed by atoms with Gasteiger partial charge in [-0.05, 0) is 23.1 Å². The normalized spacial score (nSPS) is 11.6. The third-order valence-corrected chi connectivity index (χ3v) is 5.56. The van der Waals surface area contributed by atoms with Gasteiger partial charge in [-0.1, -0.05) is 36.4 Å². The van der Waals surface area contributed by atoms with Crippen LogP contribution in [0.3, 0.4) is 0 Å². The molecule has 0 atom stereocenters. The molecule has 0 radical (unpaired) electrons. The number of rotatable bonds is 4. The molecule has 4 aromatic rings. The minimum absolute atomic E-state index is 0.143. The van der Waals surface area contributed by atoms with Gasteiger partial charge in [0.1, 0.15) is 17.1 Å². The number of fused-ring (bicyclic) bond motifs is 1. The molecular formula is C22H14F4N2O2S. The molecule has 4 rings (SSSR count). The summed E-state index contributed by atoms with van der Waals surface area (Å²) in [5, 5.41) is 3.98. The Morgan fingerprint density at radius 3 is 2.45 bits per heavy atom. The molecule has 0 saturated heterocycles. The average Bonchev–Trinajstić information content (AvgIpc) is 3.24. The van der Waals surface area contributed by atoms with Gasteiger partial charge in [0.25, 0.3) is 5.91 Å². The second-order valence-corrected chi connectivity index (χ2v) is 7.74. The highest BCUT2D eigenvalue weighted by molar-refractivity contribution is 7.09. The van der Waals surface area contributed by atoms with Crippen LogP contribution in [0.5, 0.6) is 0 Å². The second kappa shape index (κ2) is 7.99. The van der Waals surface area contributed by atoms with Crippen LogP contribution in [0.25, 0.3) is 22.0 Å². The van der Waals surface area contributed by atoms with Crippen LogP contribution < -0.4 is 10.7 Å². The molecule has 0 aliphatic heterocycles. The number of aromatic amines is 1. The maximum atomic E-state index is 15.0. The first-order valence-corrected chi connectivity index (χ1v) is 9.96. The van der Waals surface area contributed by atoms with Crippen LogP contribution in [0.15, 0.2) is 64.8 Å². The van der Waals surface area contributed by atoms with Crippen molar-refractivity contribution in [1.29, 1.82) is 0 Å². The standard InChI is InChI=1S/C22H14F4N2O2S/c23-19-14(12-5-2-1-3-6-12)9-15-17(29)10-16(28-20(15)18(19)22(24,25)26)21(30)27-11-13-7-4-8-31-13/h1-10H,11H2,(H,27,30)(H,28,29). The van der Waals surface area contributed by atoms with Gasteiger partial charge in [0, 0.05) is 21.9 Å². The fourth-order valence-electron chi connectivity index (χ4n) is 3.25. The lowest BCUT2D eigenvalue weighted by Crippen LogP contribution is -2.25. The Labute approximate surface area is 177 Å². The monoisotopic (exact) mass is 446 g/mol. The molecular weight excluding hydrogens is 432 g/mol. The van der Waals surface area contributed by atoms with Crippen molar-refractivity contribution in [2.45, 2.75) is 12.7 Å². The summed E-state index contributed by atoms with van der Waals surface area (Å²) in [6, 6.07) is 13.2. The molecule has 0 aliphatic carbocycles. The number of pyridine rings is 1. The van der Waals surface area contributed by atoms with Crippen molar-refractivity contribution in [2.75, 3.05) is 0 Å². The largest absolute Gasteiger partial charge is 0.421 e. The van der Waals surface area contributed by atoms with E-state index < -0.39 is 34.4 Å². The lowest BCUT2D eigenvalue weighted by Gasteiger charge is -2.16. The van der Waals surface area contributed by atoms with Gasteiger partial charge in [0.2, 0.25) is 0 Å². The molecule has 2 aromatic heterocycles. The number of hydrogen-bond donors (Lipinski definition) is 2. The average molecular weight is 446 g/mol. The molecule has 0 aliphatic rings. The van der Waals surface area contributed by atoms with Crippen LogP contribution in [-0.4, -0.2) is 10.9 Å². The fraction of sp³-hybridized carbons (Fsp3) is 0.0909.